The number of nitro groups is 1. The molecular formula is C17H21N3O4S. The molecular weight excluding hydrogens is 342 g/mol. The van der Waals surface area contributed by atoms with E-state index in [0.717, 1.165) is 17.3 Å². The van der Waals surface area contributed by atoms with Crippen LogP contribution in [0.15, 0.2) is 41.3 Å². The number of aryl methyl sites for hydroxylation is 1. The van der Waals surface area contributed by atoms with Crippen LogP contribution in [0.5, 0.6) is 0 Å². The Labute approximate surface area is 147 Å². The Bertz CT molecular complexity index is 891. The first-order chi connectivity index (χ1) is 11.6. The zero-order chi connectivity index (χ0) is 18.8. The van der Waals surface area contributed by atoms with Crippen LogP contribution in [0.4, 0.5) is 11.4 Å². The summed E-state index contributed by atoms with van der Waals surface area (Å²) in [5.41, 5.74) is 2.63. The molecule has 0 unspecified atom stereocenters. The molecule has 134 valence electrons. The molecule has 1 N–H and O–H groups in total. The SMILES string of the molecule is Cc1cc([N+](=O)[O-])cc(S(=O)(=O)NCc2ccc(N(C)C)cc2)c1C. The standard InChI is InChI=1S/C17H21N3O4S/c1-12-9-16(20(21)22)10-17(13(12)2)25(23,24)18-11-14-5-7-15(8-6-14)19(3)4/h5-10,18H,11H2,1-4H3. The van der Waals surface area contributed by atoms with Crippen LogP contribution in [0.3, 0.4) is 0 Å². The second kappa shape index (κ2) is 7.20. The zero-order valence-electron chi connectivity index (χ0n) is 14.6. The Morgan fingerprint density at radius 2 is 1.72 bits per heavy atom. The highest BCUT2D eigenvalue weighted by Crippen LogP contribution is 2.25. The van der Waals surface area contributed by atoms with Crippen LogP contribution in [0.2, 0.25) is 0 Å². The fourth-order valence-electron chi connectivity index (χ4n) is 2.36. The number of nitro benzene ring substituents is 1. The lowest BCUT2D eigenvalue weighted by atomic mass is 10.1. The molecule has 0 aliphatic rings. The number of non-ortho nitro benzene ring substituents is 1. The number of sulfonamides is 1. The lowest BCUT2D eigenvalue weighted by molar-refractivity contribution is -0.385. The summed E-state index contributed by atoms with van der Waals surface area (Å²) in [5, 5.41) is 11.0. The fourth-order valence-corrected chi connectivity index (χ4v) is 3.71. The van der Waals surface area contributed by atoms with Crippen LogP contribution in [-0.4, -0.2) is 27.4 Å². The van der Waals surface area contributed by atoms with Gasteiger partial charge >= 0.3 is 0 Å². The highest BCUT2D eigenvalue weighted by atomic mass is 32.2. The average Bonchev–Trinajstić information content (AvgIpc) is 2.55. The number of rotatable bonds is 6. The van der Waals surface area contributed by atoms with Gasteiger partial charge in [0, 0.05) is 38.5 Å². The maximum atomic E-state index is 12.6. The number of benzene rings is 2. The lowest BCUT2D eigenvalue weighted by Crippen LogP contribution is -2.24. The summed E-state index contributed by atoms with van der Waals surface area (Å²) in [6.45, 7) is 3.40. The minimum absolute atomic E-state index is 0.0656. The van der Waals surface area contributed by atoms with Gasteiger partial charge in [0.25, 0.3) is 5.69 Å². The van der Waals surface area contributed by atoms with Gasteiger partial charge in [-0.25, -0.2) is 13.1 Å². The average molecular weight is 363 g/mol. The van der Waals surface area contributed by atoms with Gasteiger partial charge < -0.3 is 4.90 Å². The van der Waals surface area contributed by atoms with E-state index >= 15 is 0 Å². The maximum absolute atomic E-state index is 12.6. The van der Waals surface area contributed by atoms with Gasteiger partial charge in [-0.05, 0) is 42.7 Å². The molecule has 0 saturated heterocycles. The van der Waals surface area contributed by atoms with Gasteiger partial charge in [-0.15, -0.1) is 0 Å². The van der Waals surface area contributed by atoms with Crippen molar-refractivity contribution in [2.24, 2.45) is 0 Å². The number of anilines is 1. The minimum Gasteiger partial charge on any atom is -0.378 e. The van der Waals surface area contributed by atoms with Gasteiger partial charge in [0.05, 0.1) is 9.82 Å². The van der Waals surface area contributed by atoms with Crippen molar-refractivity contribution in [3.8, 4) is 0 Å². The molecule has 0 spiro atoms. The first kappa shape index (κ1) is 18.9. The molecule has 0 aromatic heterocycles. The quantitative estimate of drug-likeness (QED) is 0.629. The monoisotopic (exact) mass is 363 g/mol. The number of nitrogens with one attached hydrogen (secondary N) is 1. The van der Waals surface area contributed by atoms with Crippen LogP contribution in [-0.2, 0) is 16.6 Å². The molecule has 0 aliphatic carbocycles. The molecule has 0 radical (unpaired) electrons. The summed E-state index contributed by atoms with van der Waals surface area (Å²) < 4.78 is 27.7. The van der Waals surface area contributed by atoms with Crippen molar-refractivity contribution in [2.45, 2.75) is 25.3 Å². The summed E-state index contributed by atoms with van der Waals surface area (Å²) in [6.07, 6.45) is 0. The molecule has 0 bridgehead atoms. The molecule has 2 rings (SSSR count). The van der Waals surface area contributed by atoms with E-state index in [1.807, 2.05) is 43.3 Å². The van der Waals surface area contributed by atoms with E-state index in [9.17, 15) is 18.5 Å². The molecule has 2 aromatic rings. The third-order valence-electron chi connectivity index (χ3n) is 4.02. The Morgan fingerprint density at radius 3 is 2.24 bits per heavy atom. The predicted octanol–water partition coefficient (Wildman–Crippen LogP) is 2.76. The largest absolute Gasteiger partial charge is 0.378 e. The summed E-state index contributed by atoms with van der Waals surface area (Å²) in [5.74, 6) is 0. The predicted molar refractivity (Wildman–Crippen MR) is 97.4 cm³/mol. The number of nitrogens with zero attached hydrogens (tertiary/aromatic N) is 2. The molecule has 0 fully saturated rings. The highest BCUT2D eigenvalue weighted by Gasteiger charge is 2.22. The van der Waals surface area contributed by atoms with Crippen molar-refractivity contribution < 1.29 is 13.3 Å². The van der Waals surface area contributed by atoms with Gasteiger partial charge in [0.15, 0.2) is 0 Å². The molecule has 0 heterocycles. The second-order valence-electron chi connectivity index (χ2n) is 6.03. The summed E-state index contributed by atoms with van der Waals surface area (Å²) >= 11 is 0. The first-order valence-electron chi connectivity index (χ1n) is 7.63. The molecule has 0 aliphatic heterocycles. The Kier molecular flexibility index (Phi) is 5.44. The highest BCUT2D eigenvalue weighted by molar-refractivity contribution is 7.89. The smallest absolute Gasteiger partial charge is 0.271 e. The summed E-state index contributed by atoms with van der Waals surface area (Å²) in [4.78, 5) is 12.3. The van der Waals surface area contributed by atoms with Crippen LogP contribution >= 0.6 is 0 Å². The minimum atomic E-state index is -3.86. The van der Waals surface area contributed by atoms with Crippen molar-refractivity contribution in [3.63, 3.8) is 0 Å². The van der Waals surface area contributed by atoms with Crippen LogP contribution in [0.25, 0.3) is 0 Å². The molecule has 0 amide bonds. The molecule has 0 atom stereocenters. The van der Waals surface area contributed by atoms with Gasteiger partial charge in [0.1, 0.15) is 0 Å². The third-order valence-corrected chi connectivity index (χ3v) is 5.55. The topological polar surface area (TPSA) is 92.5 Å². The van der Waals surface area contributed by atoms with Crippen molar-refractivity contribution in [2.75, 3.05) is 19.0 Å². The maximum Gasteiger partial charge on any atom is 0.271 e. The molecule has 0 saturated carbocycles. The normalized spacial score (nSPS) is 11.4. The van der Waals surface area contributed by atoms with E-state index in [2.05, 4.69) is 4.72 Å². The van der Waals surface area contributed by atoms with Crippen molar-refractivity contribution >= 4 is 21.4 Å². The number of hydrogen-bond donors (Lipinski definition) is 1. The molecule has 25 heavy (non-hydrogen) atoms. The fraction of sp³-hybridized carbons (Fsp3) is 0.294. The van der Waals surface area contributed by atoms with E-state index in [4.69, 9.17) is 0 Å². The Balaban J connectivity index is 2.26. The van der Waals surface area contributed by atoms with Crippen molar-refractivity contribution in [1.29, 1.82) is 0 Å². The molecule has 2 aromatic carbocycles. The zero-order valence-corrected chi connectivity index (χ0v) is 15.4. The van der Waals surface area contributed by atoms with Crippen molar-refractivity contribution in [1.82, 2.24) is 4.72 Å². The second-order valence-corrected chi connectivity index (χ2v) is 7.76. The van der Waals surface area contributed by atoms with Crippen LogP contribution in [0.1, 0.15) is 16.7 Å². The summed E-state index contributed by atoms with van der Waals surface area (Å²) in [6, 6.07) is 9.93. The van der Waals surface area contributed by atoms with Gasteiger partial charge in [-0.1, -0.05) is 12.1 Å². The van der Waals surface area contributed by atoms with E-state index in [-0.39, 0.29) is 17.1 Å². The van der Waals surface area contributed by atoms with E-state index < -0.39 is 14.9 Å². The van der Waals surface area contributed by atoms with E-state index in [0.29, 0.717) is 11.1 Å². The third kappa shape index (κ3) is 4.34. The van der Waals surface area contributed by atoms with Gasteiger partial charge in [-0.2, -0.15) is 0 Å². The van der Waals surface area contributed by atoms with Crippen molar-refractivity contribution in [3.05, 3.63) is 63.2 Å². The first-order valence-corrected chi connectivity index (χ1v) is 9.11. The van der Waals surface area contributed by atoms with Crippen LogP contribution in [0, 0.1) is 24.0 Å². The molecule has 7 nitrogen and oxygen atoms in total. The van der Waals surface area contributed by atoms with Gasteiger partial charge in [-0.3, -0.25) is 10.1 Å². The Hall–Kier alpha value is -2.45. The Morgan fingerprint density at radius 1 is 1.12 bits per heavy atom. The lowest BCUT2D eigenvalue weighted by Gasteiger charge is -2.14. The molecule has 8 heteroatoms. The van der Waals surface area contributed by atoms with E-state index in [1.165, 1.54) is 6.07 Å². The summed E-state index contributed by atoms with van der Waals surface area (Å²) in [7, 11) is -0.0155. The van der Waals surface area contributed by atoms with E-state index in [1.54, 1.807) is 13.8 Å². The van der Waals surface area contributed by atoms with Crippen LogP contribution < -0.4 is 9.62 Å². The number of hydrogen-bond acceptors (Lipinski definition) is 5. The van der Waals surface area contributed by atoms with Gasteiger partial charge in [0.2, 0.25) is 10.0 Å².